The third kappa shape index (κ3) is 3.18. The molecule has 1 saturated heterocycles. The predicted octanol–water partition coefficient (Wildman–Crippen LogP) is 2.41. The molecule has 1 fully saturated rings. The van der Waals surface area contributed by atoms with Crippen LogP contribution in [0.25, 0.3) is 11.3 Å². The lowest BCUT2D eigenvalue weighted by atomic mass is 9.98. The quantitative estimate of drug-likeness (QED) is 0.635. The molecule has 7 nitrogen and oxygen atoms in total. The normalized spacial score (nSPS) is 24.0. The highest BCUT2D eigenvalue weighted by molar-refractivity contribution is 5.99. The van der Waals surface area contributed by atoms with Crippen molar-refractivity contribution in [2.24, 2.45) is 0 Å². The van der Waals surface area contributed by atoms with Gasteiger partial charge in [0.05, 0.1) is 17.3 Å². The first-order chi connectivity index (χ1) is 13.3. The van der Waals surface area contributed by atoms with E-state index in [-0.39, 0.29) is 35.3 Å². The van der Waals surface area contributed by atoms with Gasteiger partial charge in [-0.25, -0.2) is 14.8 Å². The third-order valence-electron chi connectivity index (χ3n) is 5.38. The summed E-state index contributed by atoms with van der Waals surface area (Å²) in [5.74, 6) is -0.307. The Bertz CT molecular complexity index is 935. The Kier molecular flexibility index (Phi) is 4.68. The monoisotopic (exact) mass is 385 g/mol. The van der Waals surface area contributed by atoms with E-state index >= 15 is 0 Å². The van der Waals surface area contributed by atoms with Crippen LogP contribution < -0.4 is 16.2 Å². The minimum absolute atomic E-state index is 0.0546. The SMILES string of the molecule is CC1NNc2nc(-c3ccc(O)cc3F)cc(C(=O)N3C[C@@H](C)NC[C@H]3C)c21. The molecule has 8 heteroatoms. The third-order valence-corrected chi connectivity index (χ3v) is 5.38. The van der Waals surface area contributed by atoms with E-state index in [1.165, 1.54) is 12.1 Å². The summed E-state index contributed by atoms with van der Waals surface area (Å²) >= 11 is 0. The summed E-state index contributed by atoms with van der Waals surface area (Å²) in [7, 11) is 0. The number of fused-ring (bicyclic) bond motifs is 1. The molecule has 4 N–H and O–H groups in total. The van der Waals surface area contributed by atoms with Crippen molar-refractivity contribution in [3.63, 3.8) is 0 Å². The van der Waals surface area contributed by atoms with Crippen LogP contribution in [0.15, 0.2) is 24.3 Å². The Morgan fingerprint density at radius 1 is 1.29 bits per heavy atom. The molecule has 1 unspecified atom stereocenters. The Labute approximate surface area is 162 Å². The Morgan fingerprint density at radius 3 is 2.82 bits per heavy atom. The first kappa shape index (κ1) is 18.6. The van der Waals surface area contributed by atoms with Crippen LogP contribution >= 0.6 is 0 Å². The number of nitrogens with zero attached hydrogens (tertiary/aromatic N) is 2. The van der Waals surface area contributed by atoms with Gasteiger partial charge in [0, 0.05) is 42.4 Å². The van der Waals surface area contributed by atoms with Crippen LogP contribution in [0.1, 0.15) is 42.7 Å². The highest BCUT2D eigenvalue weighted by atomic mass is 19.1. The zero-order valence-corrected chi connectivity index (χ0v) is 16.1. The molecule has 148 valence electrons. The number of aromatic nitrogens is 1. The van der Waals surface area contributed by atoms with Gasteiger partial charge in [-0.15, -0.1) is 0 Å². The van der Waals surface area contributed by atoms with Crippen LogP contribution in [-0.2, 0) is 0 Å². The summed E-state index contributed by atoms with van der Waals surface area (Å²) in [5.41, 5.74) is 7.95. The van der Waals surface area contributed by atoms with Gasteiger partial charge in [-0.1, -0.05) is 0 Å². The number of amides is 1. The number of piperazine rings is 1. The highest BCUT2D eigenvalue weighted by Gasteiger charge is 2.33. The molecule has 3 atom stereocenters. The molecule has 0 spiro atoms. The van der Waals surface area contributed by atoms with E-state index < -0.39 is 5.82 Å². The topological polar surface area (TPSA) is 89.5 Å². The second-order valence-corrected chi connectivity index (χ2v) is 7.59. The average molecular weight is 385 g/mol. The molecule has 2 aliphatic heterocycles. The van der Waals surface area contributed by atoms with Crippen molar-refractivity contribution in [1.29, 1.82) is 0 Å². The minimum Gasteiger partial charge on any atom is -0.508 e. The molecule has 4 rings (SSSR count). The lowest BCUT2D eigenvalue weighted by molar-refractivity contribution is 0.0615. The molecule has 2 aromatic rings. The molecule has 2 aliphatic rings. The molecular weight excluding hydrogens is 361 g/mol. The average Bonchev–Trinajstić information content (AvgIpc) is 3.03. The lowest BCUT2D eigenvalue weighted by Crippen LogP contribution is -2.56. The molecule has 28 heavy (non-hydrogen) atoms. The van der Waals surface area contributed by atoms with Crippen molar-refractivity contribution < 1.29 is 14.3 Å². The number of anilines is 1. The zero-order valence-electron chi connectivity index (χ0n) is 16.1. The number of carbonyl (C=O) groups excluding carboxylic acids is 1. The maximum Gasteiger partial charge on any atom is 0.254 e. The molecule has 0 saturated carbocycles. The van der Waals surface area contributed by atoms with Gasteiger partial charge in [0.1, 0.15) is 17.4 Å². The minimum atomic E-state index is -0.589. The lowest BCUT2D eigenvalue weighted by Gasteiger charge is -2.38. The van der Waals surface area contributed by atoms with Crippen LogP contribution in [0.2, 0.25) is 0 Å². The summed E-state index contributed by atoms with van der Waals surface area (Å²) in [6, 6.07) is 5.73. The van der Waals surface area contributed by atoms with Crippen molar-refractivity contribution >= 4 is 11.7 Å². The molecule has 3 heterocycles. The van der Waals surface area contributed by atoms with Crippen LogP contribution in [0.3, 0.4) is 0 Å². The number of halogens is 1. The maximum absolute atomic E-state index is 14.4. The van der Waals surface area contributed by atoms with Gasteiger partial charge in [-0.3, -0.25) is 4.79 Å². The first-order valence-electron chi connectivity index (χ1n) is 9.45. The molecule has 1 amide bonds. The number of phenols is 1. The Morgan fingerprint density at radius 2 is 2.07 bits per heavy atom. The Balaban J connectivity index is 1.82. The highest BCUT2D eigenvalue weighted by Crippen LogP contribution is 2.35. The molecular formula is C20H24FN5O2. The van der Waals surface area contributed by atoms with Crippen LogP contribution in [0.5, 0.6) is 5.75 Å². The van der Waals surface area contributed by atoms with E-state index in [0.29, 0.717) is 23.6 Å². The van der Waals surface area contributed by atoms with Gasteiger partial charge in [0.15, 0.2) is 0 Å². The standard InChI is InChI=1S/C20H24FN5O2/c1-10-9-26(11(2)8-22-10)20(28)15-7-17(14-5-4-13(27)6-16(14)21)23-19-18(15)12(3)24-25-19/h4-7,10-12,22,24,27H,8-9H2,1-3H3,(H,23,25)/t10-,11-,12?/m1/s1. The summed E-state index contributed by atoms with van der Waals surface area (Å²) < 4.78 is 14.4. The van der Waals surface area contributed by atoms with Crippen molar-refractivity contribution in [2.75, 3.05) is 18.5 Å². The fraction of sp³-hybridized carbons (Fsp3) is 0.400. The Hall–Kier alpha value is -2.71. The number of nitrogens with one attached hydrogen (secondary N) is 3. The summed E-state index contributed by atoms with van der Waals surface area (Å²) in [6.07, 6.45) is 0. The second kappa shape index (κ2) is 7.03. The van der Waals surface area contributed by atoms with Crippen molar-refractivity contribution in [3.05, 3.63) is 41.2 Å². The van der Waals surface area contributed by atoms with Crippen LogP contribution in [0, 0.1) is 5.82 Å². The van der Waals surface area contributed by atoms with E-state index in [4.69, 9.17) is 0 Å². The number of carbonyl (C=O) groups is 1. The van der Waals surface area contributed by atoms with E-state index in [1.807, 2.05) is 25.7 Å². The van der Waals surface area contributed by atoms with E-state index in [9.17, 15) is 14.3 Å². The molecule has 0 aliphatic carbocycles. The van der Waals surface area contributed by atoms with Gasteiger partial charge in [0.25, 0.3) is 5.91 Å². The summed E-state index contributed by atoms with van der Waals surface area (Å²) in [5, 5.41) is 12.9. The number of pyridine rings is 1. The molecule has 1 aromatic heterocycles. The van der Waals surface area contributed by atoms with Crippen LogP contribution in [0.4, 0.5) is 10.2 Å². The van der Waals surface area contributed by atoms with Crippen molar-refractivity contribution in [1.82, 2.24) is 20.6 Å². The predicted molar refractivity (Wildman–Crippen MR) is 104 cm³/mol. The number of phenolic OH excluding ortho intramolecular Hbond substituents is 1. The van der Waals surface area contributed by atoms with Gasteiger partial charge >= 0.3 is 0 Å². The maximum atomic E-state index is 14.4. The van der Waals surface area contributed by atoms with E-state index in [1.54, 1.807) is 6.07 Å². The molecule has 0 bridgehead atoms. The number of hydrazine groups is 1. The van der Waals surface area contributed by atoms with Gasteiger partial charge < -0.3 is 20.7 Å². The summed E-state index contributed by atoms with van der Waals surface area (Å²) in [6.45, 7) is 7.34. The number of hydrogen-bond donors (Lipinski definition) is 4. The molecule has 0 radical (unpaired) electrons. The van der Waals surface area contributed by atoms with Gasteiger partial charge in [-0.2, -0.15) is 0 Å². The first-order valence-corrected chi connectivity index (χ1v) is 9.45. The summed E-state index contributed by atoms with van der Waals surface area (Å²) in [4.78, 5) is 19.8. The zero-order chi connectivity index (χ0) is 20.0. The number of rotatable bonds is 2. The van der Waals surface area contributed by atoms with E-state index in [0.717, 1.165) is 18.2 Å². The number of aromatic hydroxyl groups is 1. The fourth-order valence-corrected chi connectivity index (χ4v) is 3.82. The fourth-order valence-electron chi connectivity index (χ4n) is 3.82. The smallest absolute Gasteiger partial charge is 0.254 e. The van der Waals surface area contributed by atoms with Gasteiger partial charge in [0.2, 0.25) is 0 Å². The second-order valence-electron chi connectivity index (χ2n) is 7.59. The number of hydrogen-bond acceptors (Lipinski definition) is 6. The van der Waals surface area contributed by atoms with Crippen molar-refractivity contribution in [3.8, 4) is 17.0 Å². The largest absolute Gasteiger partial charge is 0.508 e. The van der Waals surface area contributed by atoms with Gasteiger partial charge in [-0.05, 0) is 39.0 Å². The van der Waals surface area contributed by atoms with Crippen molar-refractivity contribution in [2.45, 2.75) is 38.9 Å². The number of benzene rings is 1. The van der Waals surface area contributed by atoms with Crippen LogP contribution in [-0.4, -0.2) is 46.1 Å². The van der Waals surface area contributed by atoms with E-state index in [2.05, 4.69) is 21.2 Å². The molecule has 1 aromatic carbocycles.